The van der Waals surface area contributed by atoms with Crippen molar-refractivity contribution in [1.82, 2.24) is 0 Å². The summed E-state index contributed by atoms with van der Waals surface area (Å²) < 4.78 is 11.2. The molecule has 120 valence electrons. The molecule has 0 saturated heterocycles. The Hall–Kier alpha value is -2.46. The van der Waals surface area contributed by atoms with Crippen molar-refractivity contribution in [3.63, 3.8) is 0 Å². The third-order valence-corrected chi connectivity index (χ3v) is 4.11. The zero-order valence-electron chi connectivity index (χ0n) is 13.6. The van der Waals surface area contributed by atoms with Gasteiger partial charge in [-0.15, -0.1) is 0 Å². The molecule has 3 aromatic rings. The molecular weight excluding hydrogens is 288 g/mol. The minimum Gasteiger partial charge on any atom is -0.493 e. The van der Waals surface area contributed by atoms with E-state index in [1.807, 2.05) is 12.1 Å². The smallest absolute Gasteiger partial charge is 0.133 e. The van der Waals surface area contributed by atoms with Crippen LogP contribution in [0.5, 0.6) is 5.75 Å². The highest BCUT2D eigenvalue weighted by molar-refractivity contribution is 5.82. The first-order valence-electron chi connectivity index (χ1n) is 7.86. The number of aryl methyl sites for hydroxylation is 1. The summed E-state index contributed by atoms with van der Waals surface area (Å²) in [7, 11) is 3.58. The average Bonchev–Trinajstić information content (AvgIpc) is 3.10. The second-order valence-corrected chi connectivity index (χ2v) is 5.45. The minimum absolute atomic E-state index is 0.821. The second-order valence-electron chi connectivity index (χ2n) is 5.45. The lowest BCUT2D eigenvalue weighted by Crippen LogP contribution is -2.12. The monoisotopic (exact) mass is 310 g/mol. The number of benzene rings is 2. The topological polar surface area (TPSA) is 51.6 Å². The number of nitrogens with zero attached hydrogens (tertiary/aromatic N) is 1. The highest BCUT2D eigenvalue weighted by Gasteiger charge is 2.13. The molecule has 0 saturated carbocycles. The van der Waals surface area contributed by atoms with Gasteiger partial charge in [0, 0.05) is 29.9 Å². The van der Waals surface area contributed by atoms with Crippen LogP contribution in [0.1, 0.15) is 12.0 Å². The fourth-order valence-electron chi connectivity index (χ4n) is 2.85. The van der Waals surface area contributed by atoms with Gasteiger partial charge in [0.05, 0.1) is 12.9 Å². The summed E-state index contributed by atoms with van der Waals surface area (Å²) in [4.78, 5) is 2.17. The van der Waals surface area contributed by atoms with Gasteiger partial charge < -0.3 is 19.8 Å². The molecule has 4 rings (SSSR count). The minimum atomic E-state index is 0.821. The molecule has 0 atom stereocenters. The van der Waals surface area contributed by atoms with Crippen molar-refractivity contribution >= 4 is 22.3 Å². The summed E-state index contributed by atoms with van der Waals surface area (Å²) >= 11 is 0. The van der Waals surface area contributed by atoms with E-state index < -0.39 is 0 Å². The van der Waals surface area contributed by atoms with Crippen LogP contribution in [0, 0.1) is 0 Å². The van der Waals surface area contributed by atoms with E-state index in [1.165, 1.54) is 12.6 Å². The van der Waals surface area contributed by atoms with Crippen LogP contribution in [0.2, 0.25) is 0 Å². The van der Waals surface area contributed by atoms with E-state index in [2.05, 4.69) is 48.0 Å². The molecule has 2 aromatic carbocycles. The largest absolute Gasteiger partial charge is 0.493 e. The molecule has 2 N–H and O–H groups in total. The Morgan fingerprint density at radius 3 is 2.65 bits per heavy atom. The highest BCUT2D eigenvalue weighted by Crippen LogP contribution is 2.33. The van der Waals surface area contributed by atoms with Gasteiger partial charge in [0.15, 0.2) is 0 Å². The molecule has 0 radical (unpaired) electrons. The van der Waals surface area contributed by atoms with Crippen LogP contribution < -0.4 is 15.4 Å². The van der Waals surface area contributed by atoms with Gasteiger partial charge in [0.25, 0.3) is 0 Å². The van der Waals surface area contributed by atoms with Crippen molar-refractivity contribution in [2.45, 2.75) is 12.8 Å². The summed E-state index contributed by atoms with van der Waals surface area (Å²) in [6.45, 7) is 0.821. The molecule has 0 amide bonds. The number of ether oxygens (including phenoxy) is 1. The Bertz CT molecular complexity index is 795. The third kappa shape index (κ3) is 3.03. The number of nitrogens with two attached hydrogens (primary N) is 1. The van der Waals surface area contributed by atoms with Gasteiger partial charge in [0.2, 0.25) is 0 Å². The molecule has 0 fully saturated rings. The Morgan fingerprint density at radius 2 is 1.78 bits per heavy atom. The van der Waals surface area contributed by atoms with Gasteiger partial charge >= 0.3 is 0 Å². The number of fused-ring (bicyclic) bond motifs is 2. The zero-order valence-corrected chi connectivity index (χ0v) is 13.6. The van der Waals surface area contributed by atoms with Crippen LogP contribution >= 0.6 is 0 Å². The summed E-state index contributed by atoms with van der Waals surface area (Å²) in [6.07, 6.45) is 3.95. The Kier molecular flexibility index (Phi) is 4.53. The third-order valence-electron chi connectivity index (χ3n) is 4.11. The van der Waals surface area contributed by atoms with Gasteiger partial charge in [-0.25, -0.2) is 0 Å². The number of rotatable bonds is 2. The SMILES string of the molecule is CN.CN(c1ccc2c(c1)OCCC2)c1ccc2occc2c1. The number of furan rings is 1. The van der Waals surface area contributed by atoms with E-state index in [1.54, 1.807) is 6.26 Å². The van der Waals surface area contributed by atoms with Crippen LogP contribution in [-0.4, -0.2) is 20.7 Å². The average molecular weight is 310 g/mol. The van der Waals surface area contributed by atoms with Crippen molar-refractivity contribution in [1.29, 1.82) is 0 Å². The molecule has 0 unspecified atom stereocenters. The van der Waals surface area contributed by atoms with Gasteiger partial charge in [-0.1, -0.05) is 6.07 Å². The van der Waals surface area contributed by atoms with Crippen LogP contribution in [0.25, 0.3) is 11.0 Å². The first-order chi connectivity index (χ1) is 11.3. The molecular formula is C19H22N2O2. The maximum atomic E-state index is 5.77. The fourth-order valence-corrected chi connectivity index (χ4v) is 2.85. The molecule has 1 aliphatic rings. The molecule has 0 spiro atoms. The summed E-state index contributed by atoms with van der Waals surface area (Å²) in [5, 5.41) is 1.12. The van der Waals surface area contributed by atoms with Crippen molar-refractivity contribution in [3.8, 4) is 5.75 Å². The predicted molar refractivity (Wildman–Crippen MR) is 94.6 cm³/mol. The lowest BCUT2D eigenvalue weighted by Gasteiger charge is -2.23. The van der Waals surface area contributed by atoms with Crippen LogP contribution in [0.4, 0.5) is 11.4 Å². The summed E-state index contributed by atoms with van der Waals surface area (Å²) in [5.74, 6) is 1.02. The van der Waals surface area contributed by atoms with E-state index in [4.69, 9.17) is 9.15 Å². The molecule has 4 nitrogen and oxygen atoms in total. The number of hydrogen-bond acceptors (Lipinski definition) is 4. The van der Waals surface area contributed by atoms with Crippen molar-refractivity contribution < 1.29 is 9.15 Å². The van der Waals surface area contributed by atoms with Crippen molar-refractivity contribution in [3.05, 3.63) is 54.3 Å². The Labute approximate surface area is 136 Å². The lowest BCUT2D eigenvalue weighted by atomic mass is 10.1. The summed E-state index contributed by atoms with van der Waals surface area (Å²) in [5.41, 5.74) is 9.00. The van der Waals surface area contributed by atoms with E-state index in [-0.39, 0.29) is 0 Å². The maximum absolute atomic E-state index is 5.77. The van der Waals surface area contributed by atoms with Gasteiger partial charge in [0.1, 0.15) is 11.3 Å². The molecule has 1 aromatic heterocycles. The van der Waals surface area contributed by atoms with Gasteiger partial charge in [-0.2, -0.15) is 0 Å². The zero-order chi connectivity index (χ0) is 16.2. The van der Waals surface area contributed by atoms with Gasteiger partial charge in [-0.3, -0.25) is 0 Å². The molecule has 0 bridgehead atoms. The van der Waals surface area contributed by atoms with Crippen molar-refractivity contribution in [2.24, 2.45) is 5.73 Å². The number of hydrogen-bond donors (Lipinski definition) is 1. The second kappa shape index (κ2) is 6.75. The molecule has 23 heavy (non-hydrogen) atoms. The summed E-state index contributed by atoms with van der Waals surface area (Å²) in [6, 6.07) is 14.7. The Balaban J connectivity index is 0.000000753. The first kappa shape index (κ1) is 15.4. The Morgan fingerprint density at radius 1 is 1.00 bits per heavy atom. The van der Waals surface area contributed by atoms with Crippen molar-refractivity contribution in [2.75, 3.05) is 25.6 Å². The predicted octanol–water partition coefficient (Wildman–Crippen LogP) is 4.10. The van der Waals surface area contributed by atoms with E-state index in [0.717, 1.165) is 47.5 Å². The molecule has 4 heteroatoms. The first-order valence-corrected chi connectivity index (χ1v) is 7.86. The van der Waals surface area contributed by atoms with E-state index in [0.29, 0.717) is 0 Å². The van der Waals surface area contributed by atoms with E-state index in [9.17, 15) is 0 Å². The van der Waals surface area contributed by atoms with E-state index >= 15 is 0 Å². The standard InChI is InChI=1S/C18H17NO2.CH5N/c1-19(15-6-7-17-14(11-15)8-10-21-17)16-5-4-13-3-2-9-20-18(13)12-16;1-2/h4-8,10-12H,2-3,9H2,1H3;2H2,1H3. The van der Waals surface area contributed by atoms with Crippen LogP contribution in [-0.2, 0) is 6.42 Å². The van der Waals surface area contributed by atoms with Crippen LogP contribution in [0.15, 0.2) is 53.1 Å². The maximum Gasteiger partial charge on any atom is 0.133 e. The molecule has 0 aliphatic carbocycles. The van der Waals surface area contributed by atoms with Crippen LogP contribution in [0.3, 0.4) is 0 Å². The quantitative estimate of drug-likeness (QED) is 0.774. The van der Waals surface area contributed by atoms with Gasteiger partial charge in [-0.05, 0) is 55.8 Å². The lowest BCUT2D eigenvalue weighted by molar-refractivity contribution is 0.288. The fraction of sp³-hybridized carbons (Fsp3) is 0.263. The number of anilines is 2. The highest BCUT2D eigenvalue weighted by atomic mass is 16.5. The molecule has 1 aliphatic heterocycles. The molecule has 2 heterocycles. The normalized spacial score (nSPS) is 12.8.